The van der Waals surface area contributed by atoms with E-state index in [1.54, 1.807) is 0 Å². The highest BCUT2D eigenvalue weighted by Gasteiger charge is 2.17. The van der Waals surface area contributed by atoms with Crippen molar-refractivity contribution in [1.29, 1.82) is 0 Å². The van der Waals surface area contributed by atoms with E-state index < -0.39 is 0 Å². The molecule has 1 aliphatic rings. The molecule has 0 aromatic heterocycles. The summed E-state index contributed by atoms with van der Waals surface area (Å²) in [5.74, 6) is -0.0719. The Hall–Kier alpha value is -0.570. The van der Waals surface area contributed by atoms with Crippen molar-refractivity contribution in [2.45, 2.75) is 45.1 Å². The highest BCUT2D eigenvalue weighted by Crippen LogP contribution is 2.11. The van der Waals surface area contributed by atoms with E-state index in [1.807, 2.05) is 0 Å². The maximum atomic E-state index is 11.2. The molecule has 0 N–H and O–H groups in total. The van der Waals surface area contributed by atoms with Crippen LogP contribution in [-0.2, 0) is 14.3 Å². The fourth-order valence-corrected chi connectivity index (χ4v) is 1.37. The summed E-state index contributed by atoms with van der Waals surface area (Å²) in [6, 6.07) is 0. The number of hydrogen-bond acceptors (Lipinski definition) is 3. The van der Waals surface area contributed by atoms with Gasteiger partial charge in [-0.1, -0.05) is 13.3 Å². The Labute approximate surface area is 79.4 Å². The number of rotatable bonds is 4. The summed E-state index contributed by atoms with van der Waals surface area (Å²) >= 11 is 0. The van der Waals surface area contributed by atoms with Crippen LogP contribution < -0.4 is 0 Å². The van der Waals surface area contributed by atoms with Crippen molar-refractivity contribution in [2.75, 3.05) is 13.2 Å². The molecule has 13 heavy (non-hydrogen) atoms. The monoisotopic (exact) mass is 186 g/mol. The summed E-state index contributed by atoms with van der Waals surface area (Å²) in [7, 11) is 0. The second-order valence-electron chi connectivity index (χ2n) is 3.43. The van der Waals surface area contributed by atoms with Crippen LogP contribution >= 0.6 is 0 Å². The van der Waals surface area contributed by atoms with Gasteiger partial charge in [0.1, 0.15) is 6.10 Å². The molecule has 0 saturated carbocycles. The molecule has 1 aliphatic heterocycles. The number of carbonyl (C=O) groups excluding carboxylic acids is 1. The molecule has 0 spiro atoms. The topological polar surface area (TPSA) is 35.5 Å². The fraction of sp³-hybridized carbons (Fsp3) is 0.900. The van der Waals surface area contributed by atoms with Crippen LogP contribution in [0.2, 0.25) is 0 Å². The standard InChI is InChI=1S/C10H18O3/c1-2-3-6-10(11)13-9-5-4-7-12-8-9/h9H,2-8H2,1H3. The van der Waals surface area contributed by atoms with E-state index in [0.717, 1.165) is 32.3 Å². The average Bonchev–Trinajstić information content (AvgIpc) is 2.16. The van der Waals surface area contributed by atoms with Gasteiger partial charge in [-0.2, -0.15) is 0 Å². The van der Waals surface area contributed by atoms with E-state index in [1.165, 1.54) is 0 Å². The van der Waals surface area contributed by atoms with Gasteiger partial charge in [0.2, 0.25) is 0 Å². The van der Waals surface area contributed by atoms with Gasteiger partial charge in [-0.25, -0.2) is 0 Å². The van der Waals surface area contributed by atoms with Crippen molar-refractivity contribution in [3.63, 3.8) is 0 Å². The van der Waals surface area contributed by atoms with Crippen LogP contribution in [0.3, 0.4) is 0 Å². The molecule has 0 aromatic carbocycles. The lowest BCUT2D eigenvalue weighted by molar-refractivity contribution is -0.155. The third kappa shape index (κ3) is 4.27. The molecule has 1 rings (SSSR count). The van der Waals surface area contributed by atoms with Crippen LogP contribution in [0.5, 0.6) is 0 Å². The van der Waals surface area contributed by atoms with Crippen molar-refractivity contribution < 1.29 is 14.3 Å². The molecule has 0 aliphatic carbocycles. The highest BCUT2D eigenvalue weighted by molar-refractivity contribution is 5.69. The molecule has 1 heterocycles. The quantitative estimate of drug-likeness (QED) is 0.629. The maximum absolute atomic E-state index is 11.2. The minimum atomic E-state index is -0.0719. The molecular formula is C10H18O3. The highest BCUT2D eigenvalue weighted by atomic mass is 16.6. The van der Waals surface area contributed by atoms with Gasteiger partial charge in [-0.3, -0.25) is 4.79 Å². The van der Waals surface area contributed by atoms with E-state index >= 15 is 0 Å². The molecule has 1 atom stereocenters. The number of unbranched alkanes of at least 4 members (excludes halogenated alkanes) is 1. The normalized spacial score (nSPS) is 22.7. The summed E-state index contributed by atoms with van der Waals surface area (Å²) < 4.78 is 10.4. The minimum absolute atomic E-state index is 0.0121. The Morgan fingerprint density at radius 2 is 2.46 bits per heavy atom. The van der Waals surface area contributed by atoms with Gasteiger partial charge in [0, 0.05) is 13.0 Å². The predicted octanol–water partition coefficient (Wildman–Crippen LogP) is 1.90. The van der Waals surface area contributed by atoms with Crippen molar-refractivity contribution in [2.24, 2.45) is 0 Å². The number of esters is 1. The molecular weight excluding hydrogens is 168 g/mol. The first-order valence-electron chi connectivity index (χ1n) is 5.10. The lowest BCUT2D eigenvalue weighted by Crippen LogP contribution is -2.27. The fourth-order valence-electron chi connectivity index (χ4n) is 1.37. The molecule has 0 bridgehead atoms. The largest absolute Gasteiger partial charge is 0.460 e. The van der Waals surface area contributed by atoms with Crippen LogP contribution in [0.15, 0.2) is 0 Å². The number of carbonyl (C=O) groups is 1. The first-order valence-corrected chi connectivity index (χ1v) is 5.10. The molecule has 3 heteroatoms. The Morgan fingerprint density at radius 3 is 3.08 bits per heavy atom. The molecule has 0 amide bonds. The zero-order chi connectivity index (χ0) is 9.52. The zero-order valence-corrected chi connectivity index (χ0v) is 8.25. The Kier molecular flexibility index (Phi) is 4.83. The van der Waals surface area contributed by atoms with Gasteiger partial charge in [0.15, 0.2) is 0 Å². The van der Waals surface area contributed by atoms with E-state index in [4.69, 9.17) is 9.47 Å². The summed E-state index contributed by atoms with van der Waals surface area (Å²) in [4.78, 5) is 11.2. The van der Waals surface area contributed by atoms with Gasteiger partial charge in [0.25, 0.3) is 0 Å². The van der Waals surface area contributed by atoms with E-state index in [9.17, 15) is 4.79 Å². The molecule has 1 fully saturated rings. The van der Waals surface area contributed by atoms with Crippen LogP contribution in [0.25, 0.3) is 0 Å². The molecule has 76 valence electrons. The SMILES string of the molecule is CCCCC(=O)OC1CCCOC1. The van der Waals surface area contributed by atoms with Gasteiger partial charge >= 0.3 is 5.97 Å². The van der Waals surface area contributed by atoms with Gasteiger partial charge in [-0.05, 0) is 19.3 Å². The van der Waals surface area contributed by atoms with E-state index in [0.29, 0.717) is 13.0 Å². The molecule has 1 unspecified atom stereocenters. The Morgan fingerprint density at radius 1 is 1.62 bits per heavy atom. The van der Waals surface area contributed by atoms with E-state index in [2.05, 4.69) is 6.92 Å². The van der Waals surface area contributed by atoms with Crippen molar-refractivity contribution >= 4 is 5.97 Å². The Balaban J connectivity index is 2.11. The molecule has 3 nitrogen and oxygen atoms in total. The number of ether oxygens (including phenoxy) is 2. The Bertz CT molecular complexity index is 150. The van der Waals surface area contributed by atoms with Crippen molar-refractivity contribution in [3.8, 4) is 0 Å². The smallest absolute Gasteiger partial charge is 0.306 e. The van der Waals surface area contributed by atoms with Gasteiger partial charge in [0.05, 0.1) is 6.61 Å². The van der Waals surface area contributed by atoms with Crippen molar-refractivity contribution in [3.05, 3.63) is 0 Å². The van der Waals surface area contributed by atoms with Crippen molar-refractivity contribution in [1.82, 2.24) is 0 Å². The molecule has 0 radical (unpaired) electrons. The average molecular weight is 186 g/mol. The minimum Gasteiger partial charge on any atom is -0.460 e. The van der Waals surface area contributed by atoms with Gasteiger partial charge in [-0.15, -0.1) is 0 Å². The summed E-state index contributed by atoms with van der Waals surface area (Å²) in [6.07, 6.45) is 4.48. The third-order valence-electron chi connectivity index (χ3n) is 2.15. The summed E-state index contributed by atoms with van der Waals surface area (Å²) in [5.41, 5.74) is 0. The summed E-state index contributed by atoms with van der Waals surface area (Å²) in [6.45, 7) is 3.46. The summed E-state index contributed by atoms with van der Waals surface area (Å²) in [5, 5.41) is 0. The first kappa shape index (κ1) is 10.5. The van der Waals surface area contributed by atoms with Crippen LogP contribution in [0, 0.1) is 0 Å². The maximum Gasteiger partial charge on any atom is 0.306 e. The third-order valence-corrected chi connectivity index (χ3v) is 2.15. The second-order valence-corrected chi connectivity index (χ2v) is 3.43. The van der Waals surface area contributed by atoms with Gasteiger partial charge < -0.3 is 9.47 Å². The van der Waals surface area contributed by atoms with Crippen LogP contribution in [0.4, 0.5) is 0 Å². The molecule has 0 aromatic rings. The van der Waals surface area contributed by atoms with Crippen LogP contribution in [-0.4, -0.2) is 25.3 Å². The predicted molar refractivity (Wildman–Crippen MR) is 49.5 cm³/mol. The zero-order valence-electron chi connectivity index (χ0n) is 8.25. The first-order chi connectivity index (χ1) is 6.33. The van der Waals surface area contributed by atoms with E-state index in [-0.39, 0.29) is 12.1 Å². The molecule has 1 saturated heterocycles. The lowest BCUT2D eigenvalue weighted by Gasteiger charge is -2.22. The lowest BCUT2D eigenvalue weighted by atomic mass is 10.2. The second kappa shape index (κ2) is 5.97. The van der Waals surface area contributed by atoms with Crippen LogP contribution in [0.1, 0.15) is 39.0 Å². The number of hydrogen-bond donors (Lipinski definition) is 0.